The predicted octanol–water partition coefficient (Wildman–Crippen LogP) is 3.45. The van der Waals surface area contributed by atoms with Crippen molar-refractivity contribution in [2.45, 2.75) is 26.0 Å². The molecular weight excluding hydrogens is 352 g/mol. The van der Waals surface area contributed by atoms with E-state index in [1.165, 1.54) is 0 Å². The molecule has 0 radical (unpaired) electrons. The summed E-state index contributed by atoms with van der Waals surface area (Å²) in [5, 5.41) is 21.8. The second-order valence-electron chi connectivity index (χ2n) is 7.12. The molecule has 0 saturated heterocycles. The minimum Gasteiger partial charge on any atom is -0.369 e. The molecule has 142 valence electrons. The SMILES string of the molecule is CC(C)c1cnnc(Nc2ccc3ncc(C4=CC=CN(C)C4O)cc3n2)c1. The molecule has 2 N–H and O–H groups in total. The van der Waals surface area contributed by atoms with Crippen molar-refractivity contribution >= 4 is 28.2 Å². The van der Waals surface area contributed by atoms with Gasteiger partial charge in [-0.15, -0.1) is 5.10 Å². The van der Waals surface area contributed by atoms with Crippen LogP contribution in [0, 0.1) is 0 Å². The molecule has 3 aromatic rings. The van der Waals surface area contributed by atoms with Crippen molar-refractivity contribution in [3.63, 3.8) is 0 Å². The van der Waals surface area contributed by atoms with Gasteiger partial charge in [-0.1, -0.05) is 19.9 Å². The topological polar surface area (TPSA) is 87.1 Å². The highest BCUT2D eigenvalue weighted by Gasteiger charge is 2.18. The van der Waals surface area contributed by atoms with Gasteiger partial charge in [-0.2, -0.15) is 5.10 Å². The van der Waals surface area contributed by atoms with Crippen LogP contribution in [0.25, 0.3) is 16.6 Å². The normalized spacial score (nSPS) is 16.5. The van der Waals surface area contributed by atoms with Crippen molar-refractivity contribution < 1.29 is 5.11 Å². The molecule has 3 aromatic heterocycles. The number of allylic oxidation sites excluding steroid dienone is 2. The first-order valence-electron chi connectivity index (χ1n) is 9.16. The Balaban J connectivity index is 1.66. The van der Waals surface area contributed by atoms with Gasteiger partial charge in [-0.05, 0) is 41.8 Å². The molecule has 28 heavy (non-hydrogen) atoms. The maximum Gasteiger partial charge on any atom is 0.154 e. The number of likely N-dealkylation sites (N-methyl/N-ethyl adjacent to an activating group) is 1. The predicted molar refractivity (Wildman–Crippen MR) is 110 cm³/mol. The van der Waals surface area contributed by atoms with Gasteiger partial charge in [0.15, 0.2) is 12.0 Å². The third kappa shape index (κ3) is 3.57. The summed E-state index contributed by atoms with van der Waals surface area (Å²) in [7, 11) is 1.83. The summed E-state index contributed by atoms with van der Waals surface area (Å²) in [5.74, 6) is 1.69. The first-order chi connectivity index (χ1) is 13.5. The van der Waals surface area contributed by atoms with Gasteiger partial charge < -0.3 is 15.3 Å². The molecule has 0 aliphatic carbocycles. The van der Waals surface area contributed by atoms with E-state index < -0.39 is 6.23 Å². The highest BCUT2D eigenvalue weighted by Crippen LogP contribution is 2.26. The number of rotatable bonds is 4. The summed E-state index contributed by atoms with van der Waals surface area (Å²) in [6, 6.07) is 7.69. The van der Waals surface area contributed by atoms with Gasteiger partial charge in [0.25, 0.3) is 0 Å². The van der Waals surface area contributed by atoms with E-state index in [1.807, 2.05) is 49.7 Å². The maximum atomic E-state index is 10.4. The van der Waals surface area contributed by atoms with Crippen LogP contribution in [0.4, 0.5) is 11.6 Å². The third-order valence-electron chi connectivity index (χ3n) is 4.73. The van der Waals surface area contributed by atoms with Crippen molar-refractivity contribution in [3.8, 4) is 0 Å². The Morgan fingerprint density at radius 2 is 1.96 bits per heavy atom. The van der Waals surface area contributed by atoms with Crippen molar-refractivity contribution in [1.82, 2.24) is 25.1 Å². The molecule has 4 rings (SSSR count). The smallest absolute Gasteiger partial charge is 0.154 e. The Labute approximate surface area is 163 Å². The zero-order valence-electron chi connectivity index (χ0n) is 16.0. The molecule has 0 fully saturated rings. The average molecular weight is 374 g/mol. The number of aromatic nitrogens is 4. The Kier molecular flexibility index (Phi) is 4.75. The molecule has 0 aromatic carbocycles. The van der Waals surface area contributed by atoms with Crippen LogP contribution in [0.5, 0.6) is 0 Å². The standard InChI is InChI=1S/C21H22N6O/c1-13(2)14-10-20(26-23-12-14)25-19-7-6-17-18(24-19)9-15(11-22-17)16-5-4-8-27(3)21(16)28/h4-13,21,28H,1-3H3,(H,24,25,26). The largest absolute Gasteiger partial charge is 0.369 e. The van der Waals surface area contributed by atoms with Crippen molar-refractivity contribution in [3.05, 3.63) is 66.1 Å². The number of aliphatic hydroxyl groups excluding tert-OH is 1. The van der Waals surface area contributed by atoms with Gasteiger partial charge in [0.1, 0.15) is 5.82 Å². The lowest BCUT2D eigenvalue weighted by Crippen LogP contribution is -2.29. The van der Waals surface area contributed by atoms with E-state index in [-0.39, 0.29) is 0 Å². The Bertz CT molecular complexity index is 1080. The van der Waals surface area contributed by atoms with Gasteiger partial charge >= 0.3 is 0 Å². The summed E-state index contributed by atoms with van der Waals surface area (Å²) in [5.41, 5.74) is 4.25. The highest BCUT2D eigenvalue weighted by atomic mass is 16.3. The van der Waals surface area contributed by atoms with Crippen LogP contribution in [-0.4, -0.2) is 43.4 Å². The van der Waals surface area contributed by atoms with E-state index in [1.54, 1.807) is 17.3 Å². The van der Waals surface area contributed by atoms with Gasteiger partial charge in [0, 0.05) is 30.6 Å². The van der Waals surface area contributed by atoms with Gasteiger partial charge in [-0.3, -0.25) is 4.98 Å². The average Bonchev–Trinajstić information content (AvgIpc) is 2.70. The van der Waals surface area contributed by atoms with Crippen LogP contribution in [0.3, 0.4) is 0 Å². The highest BCUT2D eigenvalue weighted by molar-refractivity contribution is 5.82. The zero-order chi connectivity index (χ0) is 19.7. The number of hydrogen-bond donors (Lipinski definition) is 2. The fourth-order valence-corrected chi connectivity index (χ4v) is 3.04. The lowest BCUT2D eigenvalue weighted by atomic mass is 10.0. The van der Waals surface area contributed by atoms with Crippen molar-refractivity contribution in [2.75, 3.05) is 12.4 Å². The third-order valence-corrected chi connectivity index (χ3v) is 4.73. The monoisotopic (exact) mass is 374 g/mol. The quantitative estimate of drug-likeness (QED) is 0.723. The molecule has 7 nitrogen and oxygen atoms in total. The second kappa shape index (κ2) is 7.36. The lowest BCUT2D eigenvalue weighted by molar-refractivity contribution is 0.107. The van der Waals surface area contributed by atoms with Crippen LogP contribution in [0.15, 0.2) is 55.0 Å². The van der Waals surface area contributed by atoms with E-state index in [0.717, 1.165) is 27.7 Å². The van der Waals surface area contributed by atoms with E-state index in [2.05, 4.69) is 39.3 Å². The fourth-order valence-electron chi connectivity index (χ4n) is 3.04. The Morgan fingerprint density at radius 3 is 2.79 bits per heavy atom. The Morgan fingerprint density at radius 1 is 1.11 bits per heavy atom. The summed E-state index contributed by atoms with van der Waals surface area (Å²) in [6.07, 6.45) is 8.45. The van der Waals surface area contributed by atoms with E-state index in [9.17, 15) is 5.11 Å². The molecule has 1 aliphatic rings. The number of aliphatic hydroxyl groups is 1. The zero-order valence-corrected chi connectivity index (χ0v) is 16.0. The van der Waals surface area contributed by atoms with Crippen LogP contribution >= 0.6 is 0 Å². The molecule has 0 bridgehead atoms. The number of anilines is 2. The van der Waals surface area contributed by atoms with Crippen LogP contribution < -0.4 is 5.32 Å². The molecule has 0 saturated carbocycles. The van der Waals surface area contributed by atoms with Crippen molar-refractivity contribution in [2.24, 2.45) is 0 Å². The molecule has 0 spiro atoms. The Hall–Kier alpha value is -3.32. The minimum atomic E-state index is -0.709. The second-order valence-corrected chi connectivity index (χ2v) is 7.12. The minimum absolute atomic E-state index is 0.370. The number of fused-ring (bicyclic) bond motifs is 1. The number of nitrogens with one attached hydrogen (secondary N) is 1. The van der Waals surface area contributed by atoms with E-state index in [0.29, 0.717) is 17.6 Å². The number of pyridine rings is 2. The number of nitrogens with zero attached hydrogens (tertiary/aromatic N) is 5. The number of hydrogen-bond acceptors (Lipinski definition) is 7. The van der Waals surface area contributed by atoms with E-state index in [4.69, 9.17) is 0 Å². The molecule has 1 unspecified atom stereocenters. The van der Waals surface area contributed by atoms with Crippen LogP contribution in [0.2, 0.25) is 0 Å². The molecule has 7 heteroatoms. The maximum absolute atomic E-state index is 10.4. The summed E-state index contributed by atoms with van der Waals surface area (Å²) < 4.78 is 0. The van der Waals surface area contributed by atoms with Gasteiger partial charge in [0.05, 0.1) is 17.2 Å². The summed E-state index contributed by atoms with van der Waals surface area (Å²) in [6.45, 7) is 4.23. The van der Waals surface area contributed by atoms with Crippen LogP contribution in [0.1, 0.15) is 30.9 Å². The molecule has 1 aliphatic heterocycles. The molecule has 1 atom stereocenters. The van der Waals surface area contributed by atoms with Crippen LogP contribution in [-0.2, 0) is 0 Å². The van der Waals surface area contributed by atoms with Gasteiger partial charge in [-0.25, -0.2) is 4.98 Å². The first kappa shape index (κ1) is 18.1. The fraction of sp³-hybridized carbons (Fsp3) is 0.238. The van der Waals surface area contributed by atoms with Gasteiger partial charge in [0.2, 0.25) is 0 Å². The molecular formula is C21H22N6O. The lowest BCUT2D eigenvalue weighted by Gasteiger charge is -2.27. The summed E-state index contributed by atoms with van der Waals surface area (Å²) in [4.78, 5) is 10.9. The van der Waals surface area contributed by atoms with E-state index >= 15 is 0 Å². The summed E-state index contributed by atoms with van der Waals surface area (Å²) >= 11 is 0. The molecule has 4 heterocycles. The molecule has 0 amide bonds. The van der Waals surface area contributed by atoms with Crippen molar-refractivity contribution in [1.29, 1.82) is 0 Å². The first-order valence-corrected chi connectivity index (χ1v) is 9.16.